The Bertz CT molecular complexity index is 1560. The van der Waals surface area contributed by atoms with Gasteiger partial charge in [-0.3, -0.25) is 14.5 Å². The van der Waals surface area contributed by atoms with E-state index in [1.54, 1.807) is 56.3 Å². The largest absolute Gasteiger partial charge is 0.507 e. The number of anilines is 1. The number of aromatic nitrogens is 1. The van der Waals surface area contributed by atoms with Crippen LogP contribution in [-0.2, 0) is 14.3 Å². The van der Waals surface area contributed by atoms with E-state index >= 15 is 0 Å². The molecule has 1 aromatic heterocycles. The average Bonchev–Trinajstić information content (AvgIpc) is 3.57. The number of amides is 1. The van der Waals surface area contributed by atoms with Crippen LogP contribution in [0.15, 0.2) is 48.0 Å². The SMILES string of the molecule is CCCCCCOc1ccc([C@H]2C(=C(O)c3ccc(OCCCC)cc3)C(=O)C(=O)N2c2nc(C)c(C(=O)OCC)s2)cc1OC. The van der Waals surface area contributed by atoms with Crippen molar-refractivity contribution in [3.8, 4) is 17.2 Å². The van der Waals surface area contributed by atoms with Gasteiger partial charge in [0.05, 0.1) is 44.2 Å². The highest BCUT2D eigenvalue weighted by molar-refractivity contribution is 7.17. The average molecular weight is 651 g/mol. The Kier molecular flexibility index (Phi) is 12.2. The van der Waals surface area contributed by atoms with E-state index in [1.165, 1.54) is 12.0 Å². The van der Waals surface area contributed by atoms with E-state index in [1.807, 2.05) is 0 Å². The minimum Gasteiger partial charge on any atom is -0.507 e. The molecule has 3 aromatic rings. The summed E-state index contributed by atoms with van der Waals surface area (Å²) in [7, 11) is 1.51. The Hall–Kier alpha value is -4.38. The zero-order chi connectivity index (χ0) is 33.2. The summed E-state index contributed by atoms with van der Waals surface area (Å²) in [6, 6.07) is 10.8. The molecule has 1 aliphatic rings. The Morgan fingerprint density at radius 3 is 2.33 bits per heavy atom. The number of carbonyl (C=O) groups is 3. The van der Waals surface area contributed by atoms with E-state index in [4.69, 9.17) is 18.9 Å². The number of benzene rings is 2. The van der Waals surface area contributed by atoms with Gasteiger partial charge in [0.1, 0.15) is 16.4 Å². The maximum Gasteiger partial charge on any atom is 0.350 e. The van der Waals surface area contributed by atoms with Crippen LogP contribution in [0, 0.1) is 6.92 Å². The third kappa shape index (κ3) is 7.70. The number of unbranched alkanes of at least 4 members (excludes halogenated alkanes) is 4. The van der Waals surface area contributed by atoms with E-state index in [0.717, 1.165) is 49.9 Å². The molecule has 1 fully saturated rings. The highest BCUT2D eigenvalue weighted by Crippen LogP contribution is 2.45. The Labute approximate surface area is 274 Å². The highest BCUT2D eigenvalue weighted by Gasteiger charge is 2.48. The Morgan fingerprint density at radius 2 is 1.65 bits per heavy atom. The second kappa shape index (κ2) is 16.3. The number of rotatable bonds is 16. The van der Waals surface area contributed by atoms with Crippen LogP contribution in [0.3, 0.4) is 0 Å². The van der Waals surface area contributed by atoms with Gasteiger partial charge in [0, 0.05) is 5.56 Å². The monoisotopic (exact) mass is 650 g/mol. The predicted octanol–water partition coefficient (Wildman–Crippen LogP) is 7.40. The first-order valence-corrected chi connectivity index (χ1v) is 16.6. The lowest BCUT2D eigenvalue weighted by molar-refractivity contribution is -0.132. The molecule has 1 amide bonds. The van der Waals surface area contributed by atoms with E-state index in [-0.39, 0.29) is 27.9 Å². The maximum absolute atomic E-state index is 13.7. The number of carbonyl (C=O) groups excluding carboxylic acids is 3. The first-order valence-electron chi connectivity index (χ1n) is 15.7. The molecule has 0 unspecified atom stereocenters. The number of nitrogens with zero attached hydrogens (tertiary/aromatic N) is 2. The molecule has 0 radical (unpaired) electrons. The predicted molar refractivity (Wildman–Crippen MR) is 177 cm³/mol. The van der Waals surface area contributed by atoms with Crippen molar-refractivity contribution in [2.75, 3.05) is 31.8 Å². The van der Waals surface area contributed by atoms with Crippen LogP contribution >= 0.6 is 11.3 Å². The minimum absolute atomic E-state index is 0.120. The summed E-state index contributed by atoms with van der Waals surface area (Å²) in [6.45, 7) is 8.81. The summed E-state index contributed by atoms with van der Waals surface area (Å²) in [6.07, 6.45) is 6.10. The molecule has 11 heteroatoms. The van der Waals surface area contributed by atoms with Gasteiger partial charge in [-0.15, -0.1) is 0 Å². The second-order valence-corrected chi connectivity index (χ2v) is 11.8. The number of thiazole rings is 1. The third-order valence-corrected chi connectivity index (χ3v) is 8.69. The van der Waals surface area contributed by atoms with Crippen molar-refractivity contribution in [2.24, 2.45) is 0 Å². The van der Waals surface area contributed by atoms with E-state index in [9.17, 15) is 19.5 Å². The van der Waals surface area contributed by atoms with Crippen molar-refractivity contribution in [2.45, 2.75) is 72.3 Å². The summed E-state index contributed by atoms with van der Waals surface area (Å²) < 4.78 is 22.6. The molecular formula is C35H42N2O8S. The fourth-order valence-corrected chi connectivity index (χ4v) is 6.09. The van der Waals surface area contributed by atoms with Crippen molar-refractivity contribution >= 4 is 39.9 Å². The van der Waals surface area contributed by atoms with Crippen LogP contribution in [0.5, 0.6) is 17.2 Å². The first kappa shape index (κ1) is 34.5. The van der Waals surface area contributed by atoms with Gasteiger partial charge in [-0.2, -0.15) is 0 Å². The van der Waals surface area contributed by atoms with Crippen LogP contribution in [0.2, 0.25) is 0 Å². The van der Waals surface area contributed by atoms with Crippen LogP contribution in [-0.4, -0.2) is 54.7 Å². The summed E-state index contributed by atoms with van der Waals surface area (Å²) in [4.78, 5) is 46.0. The topological polar surface area (TPSA) is 124 Å². The summed E-state index contributed by atoms with van der Waals surface area (Å²) in [5.41, 5.74) is 1.07. The lowest BCUT2D eigenvalue weighted by Gasteiger charge is -2.24. The quantitative estimate of drug-likeness (QED) is 0.0555. The lowest BCUT2D eigenvalue weighted by atomic mass is 9.95. The summed E-state index contributed by atoms with van der Waals surface area (Å²) >= 11 is 0.951. The molecule has 1 N–H and O–H groups in total. The van der Waals surface area contributed by atoms with Crippen LogP contribution in [0.4, 0.5) is 5.13 Å². The molecule has 0 saturated carbocycles. The van der Waals surface area contributed by atoms with Crippen molar-refractivity contribution in [1.82, 2.24) is 4.98 Å². The standard InChI is InChI=1S/C35H42N2O8S/c1-6-9-11-12-20-45-26-18-15-24(21-27(26)42-5)29-28(30(38)23-13-16-25(17-14-23)44-19-10-7-2)31(39)33(40)37(29)35-36-22(4)32(46-35)34(41)43-8-3/h13-18,21,29,38H,6-12,19-20H2,1-5H3/t29-/m0/s1. The number of ketones is 1. The second-order valence-electron chi connectivity index (χ2n) is 10.8. The molecule has 246 valence electrons. The number of methoxy groups -OCH3 is 1. The molecule has 0 aliphatic carbocycles. The number of aliphatic hydroxyl groups is 1. The molecule has 1 saturated heterocycles. The minimum atomic E-state index is -1.08. The summed E-state index contributed by atoms with van der Waals surface area (Å²) in [5.74, 6) is -1.12. The number of esters is 1. The van der Waals surface area contributed by atoms with Crippen molar-refractivity contribution in [3.05, 3.63) is 69.7 Å². The molecule has 1 atom stereocenters. The number of Topliss-reactive ketones (excluding diaryl/α,β-unsaturated/α-hetero) is 1. The van der Waals surface area contributed by atoms with Gasteiger partial charge in [-0.05, 0) is 68.7 Å². The smallest absolute Gasteiger partial charge is 0.350 e. The highest BCUT2D eigenvalue weighted by atomic mass is 32.1. The van der Waals surface area contributed by atoms with E-state index < -0.39 is 23.7 Å². The van der Waals surface area contributed by atoms with Gasteiger partial charge < -0.3 is 24.1 Å². The fraction of sp³-hybridized carbons (Fsp3) is 0.429. The molecule has 0 bridgehead atoms. The lowest BCUT2D eigenvalue weighted by Crippen LogP contribution is -2.29. The molecular weight excluding hydrogens is 608 g/mol. The Balaban J connectivity index is 1.79. The Morgan fingerprint density at radius 1 is 0.935 bits per heavy atom. The van der Waals surface area contributed by atoms with Crippen molar-refractivity contribution in [3.63, 3.8) is 0 Å². The van der Waals surface area contributed by atoms with Gasteiger partial charge in [-0.25, -0.2) is 9.78 Å². The van der Waals surface area contributed by atoms with Crippen molar-refractivity contribution in [1.29, 1.82) is 0 Å². The number of hydrogen-bond donors (Lipinski definition) is 1. The molecule has 2 aromatic carbocycles. The fourth-order valence-electron chi connectivity index (χ4n) is 5.10. The van der Waals surface area contributed by atoms with Gasteiger partial charge in [0.25, 0.3) is 5.78 Å². The maximum atomic E-state index is 13.7. The van der Waals surface area contributed by atoms with E-state index in [0.29, 0.717) is 47.3 Å². The number of aliphatic hydroxyl groups excluding tert-OH is 1. The van der Waals surface area contributed by atoms with Gasteiger partial charge in [0.2, 0.25) is 0 Å². The molecule has 2 heterocycles. The molecule has 10 nitrogen and oxygen atoms in total. The summed E-state index contributed by atoms with van der Waals surface area (Å²) in [5, 5.41) is 11.7. The molecule has 1 aliphatic heterocycles. The van der Waals surface area contributed by atoms with Crippen molar-refractivity contribution < 1.29 is 38.4 Å². The number of hydrogen-bond acceptors (Lipinski definition) is 10. The molecule has 46 heavy (non-hydrogen) atoms. The van der Waals surface area contributed by atoms with Gasteiger partial charge in [0.15, 0.2) is 16.6 Å². The zero-order valence-corrected chi connectivity index (χ0v) is 27.9. The number of ether oxygens (including phenoxy) is 4. The zero-order valence-electron chi connectivity index (χ0n) is 27.1. The van der Waals surface area contributed by atoms with Crippen LogP contribution < -0.4 is 19.1 Å². The number of aryl methyl sites for hydroxylation is 1. The van der Waals surface area contributed by atoms with Crippen LogP contribution in [0.25, 0.3) is 5.76 Å². The van der Waals surface area contributed by atoms with Crippen LogP contribution in [0.1, 0.15) is 91.8 Å². The normalized spacial score (nSPS) is 15.7. The first-order chi connectivity index (χ1) is 22.2. The van der Waals surface area contributed by atoms with Gasteiger partial charge in [-0.1, -0.05) is 56.9 Å². The molecule has 0 spiro atoms. The molecule has 4 rings (SSSR count). The van der Waals surface area contributed by atoms with E-state index in [2.05, 4.69) is 18.8 Å². The third-order valence-electron chi connectivity index (χ3n) is 7.55. The van der Waals surface area contributed by atoms with Gasteiger partial charge >= 0.3 is 11.9 Å².